The summed E-state index contributed by atoms with van der Waals surface area (Å²) in [6, 6.07) is 0. The van der Waals surface area contributed by atoms with Gasteiger partial charge in [0.25, 0.3) is 5.56 Å². The van der Waals surface area contributed by atoms with Crippen molar-refractivity contribution in [1.82, 2.24) is 9.97 Å². The first-order chi connectivity index (χ1) is 6.06. The van der Waals surface area contributed by atoms with Crippen LogP contribution in [-0.2, 0) is 4.74 Å². The van der Waals surface area contributed by atoms with E-state index >= 15 is 0 Å². The molecule has 1 aromatic heterocycles. The third-order valence-electron chi connectivity index (χ3n) is 1.79. The van der Waals surface area contributed by atoms with Crippen molar-refractivity contribution < 1.29 is 9.13 Å². The van der Waals surface area contributed by atoms with Crippen LogP contribution in [-0.4, -0.2) is 17.1 Å². The molecule has 0 radical (unpaired) electrons. The molecule has 1 heterocycles. The highest BCUT2D eigenvalue weighted by Crippen LogP contribution is 2.09. The van der Waals surface area contributed by atoms with Gasteiger partial charge in [-0.1, -0.05) is 0 Å². The summed E-state index contributed by atoms with van der Waals surface area (Å²) in [6.07, 6.45) is -0.341. The van der Waals surface area contributed by atoms with Crippen molar-refractivity contribution >= 4 is 0 Å². The number of aromatic nitrogens is 2. The van der Waals surface area contributed by atoms with E-state index in [0.717, 1.165) is 0 Å². The Hall–Kier alpha value is -1.23. The molecule has 0 aromatic carbocycles. The van der Waals surface area contributed by atoms with Crippen LogP contribution in [0.5, 0.6) is 0 Å². The molecule has 0 aliphatic rings. The summed E-state index contributed by atoms with van der Waals surface area (Å²) < 4.78 is 17.8. The summed E-state index contributed by atoms with van der Waals surface area (Å²) in [5.41, 5.74) is -0.672. The number of hydrogen-bond acceptors (Lipinski definition) is 3. The Balaban J connectivity index is 3.21. The van der Waals surface area contributed by atoms with Gasteiger partial charge in [0.15, 0.2) is 0 Å². The quantitative estimate of drug-likeness (QED) is 0.747. The van der Waals surface area contributed by atoms with Crippen molar-refractivity contribution in [3.63, 3.8) is 0 Å². The molecule has 13 heavy (non-hydrogen) atoms. The normalized spacial score (nSPS) is 12.9. The lowest BCUT2D eigenvalue weighted by molar-refractivity contribution is 0.111. The maximum Gasteiger partial charge on any atom is 0.287 e. The van der Waals surface area contributed by atoms with Crippen LogP contribution in [0.15, 0.2) is 4.79 Å². The second-order valence-electron chi connectivity index (χ2n) is 2.73. The largest absolute Gasteiger partial charge is 0.374 e. The number of nitrogens with one attached hydrogen (secondary N) is 1. The maximum absolute atomic E-state index is 12.8. The molecule has 1 atom stereocenters. The molecule has 1 N–H and O–H groups in total. The van der Waals surface area contributed by atoms with E-state index in [0.29, 0.717) is 5.82 Å². The molecule has 0 spiro atoms. The third-order valence-corrected chi connectivity index (χ3v) is 1.79. The molecular weight excluding hydrogens is 175 g/mol. The molecular formula is C8H11FN2O2. The smallest absolute Gasteiger partial charge is 0.287 e. The number of aryl methyl sites for hydroxylation is 1. The first kappa shape index (κ1) is 9.85. The standard InChI is InChI=1S/C8H11FN2O2/c1-4-6(9)8(12)11-7(10-4)5(2)13-3/h5H,1-3H3,(H,10,11,12). The minimum Gasteiger partial charge on any atom is -0.374 e. The second-order valence-corrected chi connectivity index (χ2v) is 2.73. The van der Waals surface area contributed by atoms with Crippen LogP contribution < -0.4 is 5.56 Å². The summed E-state index contributed by atoms with van der Waals surface area (Å²) in [5.74, 6) is -0.501. The number of ether oxygens (including phenoxy) is 1. The average molecular weight is 186 g/mol. The van der Waals surface area contributed by atoms with Crippen molar-refractivity contribution in [2.45, 2.75) is 20.0 Å². The van der Waals surface area contributed by atoms with Crippen LogP contribution in [0.2, 0.25) is 0 Å². The number of H-pyrrole nitrogens is 1. The molecule has 1 rings (SSSR count). The van der Waals surface area contributed by atoms with Crippen LogP contribution in [0.1, 0.15) is 24.5 Å². The summed E-state index contributed by atoms with van der Waals surface area (Å²) >= 11 is 0. The zero-order valence-electron chi connectivity index (χ0n) is 7.72. The third kappa shape index (κ3) is 1.92. The zero-order chi connectivity index (χ0) is 10.0. The van der Waals surface area contributed by atoms with Crippen LogP contribution in [0, 0.1) is 12.7 Å². The summed E-state index contributed by atoms with van der Waals surface area (Å²) in [5, 5.41) is 0. The molecule has 0 saturated heterocycles. The van der Waals surface area contributed by atoms with Gasteiger partial charge >= 0.3 is 0 Å². The van der Waals surface area contributed by atoms with Gasteiger partial charge in [-0.25, -0.2) is 4.98 Å². The van der Waals surface area contributed by atoms with E-state index < -0.39 is 11.4 Å². The average Bonchev–Trinajstić information content (AvgIpc) is 2.12. The van der Waals surface area contributed by atoms with Gasteiger partial charge in [0.2, 0.25) is 5.82 Å². The van der Waals surface area contributed by atoms with Crippen LogP contribution in [0.4, 0.5) is 4.39 Å². The Bertz CT molecular complexity index is 362. The van der Waals surface area contributed by atoms with Crippen molar-refractivity contribution in [2.24, 2.45) is 0 Å². The molecule has 0 bridgehead atoms. The van der Waals surface area contributed by atoms with Gasteiger partial charge in [-0.05, 0) is 13.8 Å². The molecule has 0 amide bonds. The van der Waals surface area contributed by atoms with Crippen LogP contribution in [0.3, 0.4) is 0 Å². The number of hydrogen-bond donors (Lipinski definition) is 1. The van der Waals surface area contributed by atoms with Gasteiger partial charge in [-0.2, -0.15) is 4.39 Å². The predicted octanol–water partition coefficient (Wildman–Crippen LogP) is 0.925. The SMILES string of the molecule is COC(C)c1nc(C)c(F)c(=O)[nH]1. The first-order valence-electron chi connectivity index (χ1n) is 3.85. The molecule has 0 aliphatic heterocycles. The molecule has 0 fully saturated rings. The van der Waals surface area contributed by atoms with Crippen molar-refractivity contribution in [3.05, 3.63) is 27.7 Å². The fourth-order valence-corrected chi connectivity index (χ4v) is 0.897. The van der Waals surface area contributed by atoms with Gasteiger partial charge in [0.1, 0.15) is 11.9 Å². The fourth-order valence-electron chi connectivity index (χ4n) is 0.897. The van der Waals surface area contributed by atoms with Crippen molar-refractivity contribution in [1.29, 1.82) is 0 Å². The predicted molar refractivity (Wildman–Crippen MR) is 45.0 cm³/mol. The van der Waals surface area contributed by atoms with E-state index in [9.17, 15) is 9.18 Å². The number of nitrogens with zero attached hydrogens (tertiary/aromatic N) is 1. The fraction of sp³-hybridized carbons (Fsp3) is 0.500. The van der Waals surface area contributed by atoms with Crippen LogP contribution in [0.25, 0.3) is 0 Å². The Morgan fingerprint density at radius 3 is 2.69 bits per heavy atom. The highest BCUT2D eigenvalue weighted by molar-refractivity contribution is 5.04. The Morgan fingerprint density at radius 1 is 1.62 bits per heavy atom. The number of halogens is 1. The van der Waals surface area contributed by atoms with Gasteiger partial charge in [0.05, 0.1) is 5.69 Å². The lowest BCUT2D eigenvalue weighted by atomic mass is 10.3. The van der Waals surface area contributed by atoms with E-state index in [-0.39, 0.29) is 11.8 Å². The lowest BCUT2D eigenvalue weighted by Crippen LogP contribution is -2.19. The van der Waals surface area contributed by atoms with Crippen molar-refractivity contribution in [2.75, 3.05) is 7.11 Å². The molecule has 1 unspecified atom stereocenters. The van der Waals surface area contributed by atoms with Gasteiger partial charge < -0.3 is 9.72 Å². The molecule has 1 aromatic rings. The summed E-state index contributed by atoms with van der Waals surface area (Å²) in [4.78, 5) is 17.1. The van der Waals surface area contributed by atoms with Gasteiger partial charge in [-0.3, -0.25) is 4.79 Å². The minimum atomic E-state index is -0.841. The molecule has 0 aliphatic carbocycles. The van der Waals surface area contributed by atoms with E-state index in [1.807, 2.05) is 0 Å². The van der Waals surface area contributed by atoms with Gasteiger partial charge in [0, 0.05) is 7.11 Å². The molecule has 4 nitrogen and oxygen atoms in total. The molecule has 72 valence electrons. The maximum atomic E-state index is 12.8. The summed E-state index contributed by atoms with van der Waals surface area (Å²) in [7, 11) is 1.49. The molecule has 5 heteroatoms. The molecule has 0 saturated carbocycles. The van der Waals surface area contributed by atoms with E-state index in [2.05, 4.69) is 9.97 Å². The second kappa shape index (κ2) is 3.66. The zero-order valence-corrected chi connectivity index (χ0v) is 7.72. The van der Waals surface area contributed by atoms with E-state index in [4.69, 9.17) is 4.74 Å². The van der Waals surface area contributed by atoms with Gasteiger partial charge in [-0.15, -0.1) is 0 Å². The first-order valence-corrected chi connectivity index (χ1v) is 3.85. The van der Waals surface area contributed by atoms with Crippen LogP contribution >= 0.6 is 0 Å². The Morgan fingerprint density at radius 2 is 2.23 bits per heavy atom. The number of aromatic amines is 1. The Labute approximate surface area is 74.8 Å². The number of methoxy groups -OCH3 is 1. The number of rotatable bonds is 2. The minimum absolute atomic E-state index is 0.0858. The Kier molecular flexibility index (Phi) is 2.77. The summed E-state index contributed by atoms with van der Waals surface area (Å²) in [6.45, 7) is 3.16. The lowest BCUT2D eigenvalue weighted by Gasteiger charge is -2.08. The highest BCUT2D eigenvalue weighted by Gasteiger charge is 2.11. The van der Waals surface area contributed by atoms with E-state index in [1.54, 1.807) is 6.92 Å². The van der Waals surface area contributed by atoms with Crippen molar-refractivity contribution in [3.8, 4) is 0 Å². The topological polar surface area (TPSA) is 55.0 Å². The monoisotopic (exact) mass is 186 g/mol. The highest BCUT2D eigenvalue weighted by atomic mass is 19.1. The van der Waals surface area contributed by atoms with E-state index in [1.165, 1.54) is 14.0 Å².